The summed E-state index contributed by atoms with van der Waals surface area (Å²) in [6.45, 7) is 8.89. The van der Waals surface area contributed by atoms with Crippen molar-refractivity contribution in [3.05, 3.63) is 21.6 Å². The quantitative estimate of drug-likeness (QED) is 0.886. The normalized spacial score (nSPS) is 16.6. The largest absolute Gasteiger partial charge is 0.381 e. The van der Waals surface area contributed by atoms with Gasteiger partial charge in [-0.1, -0.05) is 11.6 Å². The molecular weight excluding hydrogens is 280 g/mol. The Bertz CT molecular complexity index is 498. The van der Waals surface area contributed by atoms with E-state index in [1.54, 1.807) is 6.20 Å². The number of aromatic nitrogens is 2. The van der Waals surface area contributed by atoms with Gasteiger partial charge in [-0.2, -0.15) is 5.10 Å². The Labute approximate surface area is 123 Å². The summed E-state index contributed by atoms with van der Waals surface area (Å²) in [4.78, 5) is 14.3. The fourth-order valence-electron chi connectivity index (χ4n) is 2.11. The summed E-state index contributed by atoms with van der Waals surface area (Å²) in [5.74, 6) is 0. The Hall–Kier alpha value is -1.11. The minimum Gasteiger partial charge on any atom is -0.381 e. The number of nitrogens with zero attached hydrogens (tertiary/aromatic N) is 3. The summed E-state index contributed by atoms with van der Waals surface area (Å²) < 4.78 is 6.68. The van der Waals surface area contributed by atoms with Gasteiger partial charge in [-0.3, -0.25) is 9.69 Å². The summed E-state index contributed by atoms with van der Waals surface area (Å²) in [6, 6.07) is 0.00222. The second-order valence-electron chi connectivity index (χ2n) is 5.10. The topological polar surface area (TPSA) is 59.4 Å². The molecule has 0 spiro atoms. The van der Waals surface area contributed by atoms with Crippen molar-refractivity contribution in [2.45, 2.75) is 19.9 Å². The van der Waals surface area contributed by atoms with Gasteiger partial charge in [0.15, 0.2) is 0 Å². The smallest absolute Gasteiger partial charge is 0.287 e. The predicted octanol–water partition coefficient (Wildman–Crippen LogP) is 1.22. The van der Waals surface area contributed by atoms with Crippen LogP contribution in [-0.2, 0) is 4.74 Å². The van der Waals surface area contributed by atoms with Crippen molar-refractivity contribution in [1.82, 2.24) is 14.7 Å². The van der Waals surface area contributed by atoms with E-state index >= 15 is 0 Å². The lowest BCUT2D eigenvalue weighted by atomic mass is 10.3. The zero-order valence-electron chi connectivity index (χ0n) is 11.9. The first-order valence-corrected chi connectivity index (χ1v) is 7.28. The maximum absolute atomic E-state index is 12.0. The highest BCUT2D eigenvalue weighted by Gasteiger charge is 2.12. The highest BCUT2D eigenvalue weighted by Crippen LogP contribution is 2.16. The number of nitrogens with one attached hydrogen (secondary N) is 1. The fourth-order valence-corrected chi connectivity index (χ4v) is 2.31. The molecule has 0 atom stereocenters. The van der Waals surface area contributed by atoms with Gasteiger partial charge in [0.25, 0.3) is 5.56 Å². The molecule has 0 radical (unpaired) electrons. The van der Waals surface area contributed by atoms with Gasteiger partial charge in [-0.05, 0) is 13.8 Å². The van der Waals surface area contributed by atoms with Crippen molar-refractivity contribution in [3.63, 3.8) is 0 Å². The van der Waals surface area contributed by atoms with Gasteiger partial charge < -0.3 is 10.1 Å². The first kappa shape index (κ1) is 15.3. The highest BCUT2D eigenvalue weighted by atomic mass is 35.5. The van der Waals surface area contributed by atoms with Crippen molar-refractivity contribution in [1.29, 1.82) is 0 Å². The average molecular weight is 301 g/mol. The summed E-state index contributed by atoms with van der Waals surface area (Å²) in [6.07, 6.45) is 1.61. The van der Waals surface area contributed by atoms with Gasteiger partial charge in [0, 0.05) is 26.2 Å². The summed E-state index contributed by atoms with van der Waals surface area (Å²) in [5, 5.41) is 7.51. The first-order valence-electron chi connectivity index (χ1n) is 6.91. The molecule has 0 unspecified atom stereocenters. The number of morpholine rings is 1. The predicted molar refractivity (Wildman–Crippen MR) is 79.6 cm³/mol. The van der Waals surface area contributed by atoms with Crippen molar-refractivity contribution in [2.75, 3.05) is 44.7 Å². The van der Waals surface area contributed by atoms with Crippen LogP contribution >= 0.6 is 11.6 Å². The molecule has 0 amide bonds. The van der Waals surface area contributed by atoms with Gasteiger partial charge in [0.1, 0.15) is 5.02 Å². The lowest BCUT2D eigenvalue weighted by Crippen LogP contribution is -2.39. The molecule has 1 aliphatic heterocycles. The monoisotopic (exact) mass is 300 g/mol. The molecule has 1 fully saturated rings. The van der Waals surface area contributed by atoms with Crippen LogP contribution in [0.5, 0.6) is 0 Å². The van der Waals surface area contributed by atoms with E-state index in [9.17, 15) is 4.79 Å². The molecule has 1 aliphatic rings. The molecule has 7 heteroatoms. The number of hydrogen-bond acceptors (Lipinski definition) is 5. The van der Waals surface area contributed by atoms with Crippen LogP contribution in [0, 0.1) is 0 Å². The van der Waals surface area contributed by atoms with Gasteiger partial charge in [-0.25, -0.2) is 4.68 Å². The minimum atomic E-state index is -0.252. The number of ether oxygens (including phenoxy) is 1. The molecule has 2 heterocycles. The SMILES string of the molecule is CC(C)n1ncc(NCCN2CCOCC2)c(Cl)c1=O. The minimum absolute atomic E-state index is 0.00222. The van der Waals surface area contributed by atoms with E-state index in [0.717, 1.165) is 39.4 Å². The van der Waals surface area contributed by atoms with E-state index in [1.165, 1.54) is 4.68 Å². The third-order valence-electron chi connectivity index (χ3n) is 3.28. The summed E-state index contributed by atoms with van der Waals surface area (Å²) >= 11 is 6.09. The molecule has 20 heavy (non-hydrogen) atoms. The van der Waals surface area contributed by atoms with Crippen LogP contribution in [0.4, 0.5) is 5.69 Å². The Kier molecular flexibility index (Phi) is 5.39. The number of rotatable bonds is 5. The molecule has 2 rings (SSSR count). The molecule has 0 aliphatic carbocycles. The van der Waals surface area contributed by atoms with Crippen LogP contribution in [0.2, 0.25) is 5.02 Å². The molecule has 6 nitrogen and oxygen atoms in total. The molecule has 1 aromatic heterocycles. The van der Waals surface area contributed by atoms with Crippen LogP contribution in [0.1, 0.15) is 19.9 Å². The van der Waals surface area contributed by atoms with Gasteiger partial charge in [0.2, 0.25) is 0 Å². The zero-order valence-corrected chi connectivity index (χ0v) is 12.7. The molecule has 1 aromatic rings. The molecule has 0 aromatic carbocycles. The van der Waals surface area contributed by atoms with Crippen LogP contribution in [0.25, 0.3) is 0 Å². The Morgan fingerprint density at radius 2 is 2.15 bits per heavy atom. The Morgan fingerprint density at radius 1 is 1.45 bits per heavy atom. The summed E-state index contributed by atoms with van der Waals surface area (Å²) in [5.41, 5.74) is 0.347. The van der Waals surface area contributed by atoms with Crippen LogP contribution in [0.3, 0.4) is 0 Å². The van der Waals surface area contributed by atoms with Crippen molar-refractivity contribution in [2.24, 2.45) is 0 Å². The number of halogens is 1. The standard InChI is InChI=1S/C13H21ClN4O2/c1-10(2)18-13(19)12(14)11(9-16-18)15-3-4-17-5-7-20-8-6-17/h9-10,15H,3-8H2,1-2H3. The van der Waals surface area contributed by atoms with E-state index in [0.29, 0.717) is 5.69 Å². The van der Waals surface area contributed by atoms with Crippen LogP contribution < -0.4 is 10.9 Å². The molecule has 0 bridgehead atoms. The van der Waals surface area contributed by atoms with E-state index in [1.807, 2.05) is 13.8 Å². The van der Waals surface area contributed by atoms with Gasteiger partial charge >= 0.3 is 0 Å². The van der Waals surface area contributed by atoms with Gasteiger partial charge in [0.05, 0.1) is 31.1 Å². The second-order valence-corrected chi connectivity index (χ2v) is 5.47. The third kappa shape index (κ3) is 3.71. The van der Waals surface area contributed by atoms with E-state index < -0.39 is 0 Å². The lowest BCUT2D eigenvalue weighted by molar-refractivity contribution is 0.0398. The zero-order chi connectivity index (χ0) is 14.5. The first-order chi connectivity index (χ1) is 9.59. The summed E-state index contributed by atoms with van der Waals surface area (Å²) in [7, 11) is 0. The molecule has 1 saturated heterocycles. The fraction of sp³-hybridized carbons (Fsp3) is 0.692. The Balaban J connectivity index is 1.93. The molecule has 0 saturated carbocycles. The van der Waals surface area contributed by atoms with Crippen molar-refractivity contribution >= 4 is 17.3 Å². The number of anilines is 1. The van der Waals surface area contributed by atoms with Crippen LogP contribution in [-0.4, -0.2) is 54.1 Å². The maximum Gasteiger partial charge on any atom is 0.287 e. The average Bonchev–Trinajstić information content (AvgIpc) is 2.44. The highest BCUT2D eigenvalue weighted by molar-refractivity contribution is 6.32. The van der Waals surface area contributed by atoms with Gasteiger partial charge in [-0.15, -0.1) is 0 Å². The Morgan fingerprint density at radius 3 is 2.80 bits per heavy atom. The van der Waals surface area contributed by atoms with E-state index in [4.69, 9.17) is 16.3 Å². The maximum atomic E-state index is 12.0. The molecule has 112 valence electrons. The second kappa shape index (κ2) is 7.06. The van der Waals surface area contributed by atoms with Crippen molar-refractivity contribution in [3.8, 4) is 0 Å². The third-order valence-corrected chi connectivity index (χ3v) is 3.65. The van der Waals surface area contributed by atoms with Crippen molar-refractivity contribution < 1.29 is 4.74 Å². The molecule has 1 N–H and O–H groups in total. The molecular formula is C13H21ClN4O2. The lowest BCUT2D eigenvalue weighted by Gasteiger charge is -2.26. The number of hydrogen-bond donors (Lipinski definition) is 1. The van der Waals surface area contributed by atoms with Crippen LogP contribution in [0.15, 0.2) is 11.0 Å². The van der Waals surface area contributed by atoms with E-state index in [2.05, 4.69) is 15.3 Å². The van der Waals surface area contributed by atoms with E-state index in [-0.39, 0.29) is 16.6 Å².